The highest BCUT2D eigenvalue weighted by molar-refractivity contribution is 7.90. The van der Waals surface area contributed by atoms with E-state index in [1.165, 1.54) is 31.1 Å². The Morgan fingerprint density at radius 2 is 1.89 bits per heavy atom. The molecule has 0 atom stereocenters. The van der Waals surface area contributed by atoms with E-state index in [2.05, 4.69) is 10.2 Å². The molecule has 0 aliphatic heterocycles. The first-order valence-corrected chi connectivity index (χ1v) is 11.5. The lowest BCUT2D eigenvalue weighted by molar-refractivity contribution is 0.101. The highest BCUT2D eigenvalue weighted by Crippen LogP contribution is 2.39. The maximum atomic E-state index is 11.7. The number of sulfone groups is 1. The van der Waals surface area contributed by atoms with Gasteiger partial charge in [0.05, 0.1) is 22.9 Å². The summed E-state index contributed by atoms with van der Waals surface area (Å²) in [6.07, 6.45) is 7.81. The van der Waals surface area contributed by atoms with Crippen LogP contribution in [-0.2, 0) is 21.2 Å². The molecule has 0 radical (unpaired) electrons. The van der Waals surface area contributed by atoms with Crippen LogP contribution >= 0.6 is 0 Å². The fraction of sp³-hybridized carbons (Fsp3) is 0.550. The number of ether oxygens (including phenoxy) is 1. The molecule has 1 aliphatic rings. The van der Waals surface area contributed by atoms with Crippen LogP contribution in [0.2, 0.25) is 0 Å². The van der Waals surface area contributed by atoms with E-state index >= 15 is 0 Å². The molecule has 3 rings (SSSR count). The van der Waals surface area contributed by atoms with Gasteiger partial charge in [0.1, 0.15) is 0 Å². The zero-order valence-corrected chi connectivity index (χ0v) is 16.6. The van der Waals surface area contributed by atoms with Crippen molar-refractivity contribution in [3.05, 3.63) is 35.5 Å². The monoisotopic (exact) mass is 392 g/mol. The maximum absolute atomic E-state index is 11.7. The lowest BCUT2D eigenvalue weighted by atomic mass is 9.82. The molecule has 0 amide bonds. The number of hydrogen-bond donors (Lipinski definition) is 2. The summed E-state index contributed by atoms with van der Waals surface area (Å²) >= 11 is 0. The summed E-state index contributed by atoms with van der Waals surface area (Å²) in [4.78, 5) is 0.317. The largest absolute Gasteiger partial charge is 0.396 e. The van der Waals surface area contributed by atoms with E-state index in [1.807, 2.05) is 12.1 Å². The Kier molecular flexibility index (Phi) is 6.68. The molecular weight excluding hydrogens is 364 g/mol. The van der Waals surface area contributed by atoms with Crippen molar-refractivity contribution >= 4 is 9.84 Å². The van der Waals surface area contributed by atoms with Crippen LogP contribution in [0.25, 0.3) is 11.3 Å². The average molecular weight is 393 g/mol. The van der Waals surface area contributed by atoms with Gasteiger partial charge in [-0.2, -0.15) is 5.10 Å². The molecule has 148 valence electrons. The van der Waals surface area contributed by atoms with Gasteiger partial charge in [-0.1, -0.05) is 31.4 Å². The molecule has 1 aromatic carbocycles. The third-order valence-corrected chi connectivity index (χ3v) is 6.28. The predicted octanol–water partition coefficient (Wildman–Crippen LogP) is 3.43. The normalized spacial score (nSPS) is 15.9. The van der Waals surface area contributed by atoms with Gasteiger partial charge < -0.3 is 9.84 Å². The van der Waals surface area contributed by atoms with Gasteiger partial charge in [-0.25, -0.2) is 8.42 Å². The lowest BCUT2D eigenvalue weighted by Gasteiger charge is -2.23. The summed E-state index contributed by atoms with van der Waals surface area (Å²) in [6, 6.07) is 6.97. The number of rotatable bonds is 8. The highest BCUT2D eigenvalue weighted by Gasteiger charge is 2.25. The summed E-state index contributed by atoms with van der Waals surface area (Å²) in [5, 5.41) is 16.6. The summed E-state index contributed by atoms with van der Waals surface area (Å²) in [6.45, 7) is 1.05. The first kappa shape index (κ1) is 20.0. The van der Waals surface area contributed by atoms with Crippen molar-refractivity contribution < 1.29 is 18.3 Å². The van der Waals surface area contributed by atoms with Crippen LogP contribution in [0.4, 0.5) is 0 Å². The summed E-state index contributed by atoms with van der Waals surface area (Å²) < 4.78 is 29.1. The van der Waals surface area contributed by atoms with E-state index in [-0.39, 0.29) is 6.61 Å². The van der Waals surface area contributed by atoms with Crippen LogP contribution in [0.3, 0.4) is 0 Å². The zero-order chi connectivity index (χ0) is 19.3. The number of nitrogens with zero attached hydrogens (tertiary/aromatic N) is 1. The molecule has 1 aromatic heterocycles. The molecule has 1 saturated carbocycles. The Morgan fingerprint density at radius 3 is 2.52 bits per heavy atom. The first-order chi connectivity index (χ1) is 13.0. The number of aromatic nitrogens is 2. The zero-order valence-electron chi connectivity index (χ0n) is 15.8. The van der Waals surface area contributed by atoms with Crippen LogP contribution in [0.1, 0.15) is 55.7 Å². The van der Waals surface area contributed by atoms with Crippen LogP contribution in [0, 0.1) is 0 Å². The van der Waals surface area contributed by atoms with Crippen molar-refractivity contribution in [1.29, 1.82) is 0 Å². The Balaban J connectivity index is 1.90. The summed E-state index contributed by atoms with van der Waals surface area (Å²) in [7, 11) is -3.21. The van der Waals surface area contributed by atoms with Gasteiger partial charge in [0.25, 0.3) is 0 Å². The minimum Gasteiger partial charge on any atom is -0.396 e. The number of H-pyrrole nitrogens is 1. The Morgan fingerprint density at radius 1 is 1.19 bits per heavy atom. The van der Waals surface area contributed by atoms with Gasteiger partial charge in [-0.05, 0) is 42.9 Å². The summed E-state index contributed by atoms with van der Waals surface area (Å²) in [5.74, 6) is 0.443. The van der Waals surface area contributed by atoms with Crippen molar-refractivity contribution in [3.8, 4) is 11.3 Å². The third-order valence-electron chi connectivity index (χ3n) is 5.15. The van der Waals surface area contributed by atoms with Gasteiger partial charge in [-0.15, -0.1) is 0 Å². The minimum atomic E-state index is -3.21. The van der Waals surface area contributed by atoms with Crippen molar-refractivity contribution in [2.24, 2.45) is 0 Å². The SMILES string of the molecule is CS(=O)(=O)c1ccc(-c2[nH]nc(COCCCO)c2C2CCCCC2)cc1. The van der Waals surface area contributed by atoms with Gasteiger partial charge in [0.2, 0.25) is 0 Å². The fourth-order valence-electron chi connectivity index (χ4n) is 3.75. The third kappa shape index (κ3) is 4.97. The van der Waals surface area contributed by atoms with E-state index in [9.17, 15) is 8.42 Å². The molecule has 1 aliphatic carbocycles. The molecule has 7 heteroatoms. The maximum Gasteiger partial charge on any atom is 0.175 e. The second-order valence-electron chi connectivity index (χ2n) is 7.22. The fourth-order valence-corrected chi connectivity index (χ4v) is 4.38. The lowest BCUT2D eigenvalue weighted by Crippen LogP contribution is -2.09. The molecule has 2 N–H and O–H groups in total. The van der Waals surface area contributed by atoms with E-state index in [0.717, 1.165) is 29.8 Å². The van der Waals surface area contributed by atoms with Gasteiger partial charge >= 0.3 is 0 Å². The quantitative estimate of drug-likeness (QED) is 0.672. The second-order valence-corrected chi connectivity index (χ2v) is 9.24. The van der Waals surface area contributed by atoms with Crippen LogP contribution in [0.5, 0.6) is 0 Å². The van der Waals surface area contributed by atoms with Gasteiger partial charge in [0, 0.05) is 25.0 Å². The molecule has 0 saturated heterocycles. The summed E-state index contributed by atoms with van der Waals surface area (Å²) in [5.41, 5.74) is 4.02. The standard InChI is InChI=1S/C20H28N2O4S/c1-27(24,25)17-10-8-16(9-11-17)20-19(15-6-3-2-4-7-15)18(21-22-20)14-26-13-5-12-23/h8-11,15,23H,2-7,12-14H2,1H3,(H,21,22). The Labute approximate surface area is 160 Å². The van der Waals surface area contributed by atoms with Crippen LogP contribution < -0.4 is 0 Å². The van der Waals surface area contributed by atoms with E-state index in [4.69, 9.17) is 9.84 Å². The predicted molar refractivity (Wildman–Crippen MR) is 104 cm³/mol. The van der Waals surface area contributed by atoms with Crippen molar-refractivity contribution in [1.82, 2.24) is 10.2 Å². The number of nitrogens with one attached hydrogen (secondary N) is 1. The number of benzene rings is 1. The molecule has 0 unspecified atom stereocenters. The van der Waals surface area contributed by atoms with Crippen molar-refractivity contribution in [3.63, 3.8) is 0 Å². The molecule has 0 spiro atoms. The number of aliphatic hydroxyl groups excluding tert-OH is 1. The average Bonchev–Trinajstić information content (AvgIpc) is 3.09. The Bertz CT molecular complexity index is 837. The molecule has 27 heavy (non-hydrogen) atoms. The van der Waals surface area contributed by atoms with Crippen molar-refractivity contribution in [2.75, 3.05) is 19.5 Å². The van der Waals surface area contributed by atoms with E-state index < -0.39 is 9.84 Å². The number of hydrogen-bond acceptors (Lipinski definition) is 5. The molecule has 2 aromatic rings. The van der Waals surface area contributed by atoms with Gasteiger partial charge in [0.15, 0.2) is 9.84 Å². The number of aliphatic hydroxyl groups is 1. The first-order valence-electron chi connectivity index (χ1n) is 9.57. The topological polar surface area (TPSA) is 92.3 Å². The van der Waals surface area contributed by atoms with Crippen molar-refractivity contribution in [2.45, 2.75) is 55.9 Å². The Hall–Kier alpha value is -1.70. The van der Waals surface area contributed by atoms with E-state index in [1.54, 1.807) is 12.1 Å². The highest BCUT2D eigenvalue weighted by atomic mass is 32.2. The van der Waals surface area contributed by atoms with Gasteiger partial charge in [-0.3, -0.25) is 5.10 Å². The smallest absolute Gasteiger partial charge is 0.175 e. The van der Waals surface area contributed by atoms with Crippen LogP contribution in [0.15, 0.2) is 29.2 Å². The molecule has 0 bridgehead atoms. The molecular formula is C20H28N2O4S. The molecule has 1 heterocycles. The minimum absolute atomic E-state index is 0.119. The number of aromatic amines is 1. The van der Waals surface area contributed by atoms with E-state index in [0.29, 0.717) is 30.4 Å². The second kappa shape index (κ2) is 8.99. The van der Waals surface area contributed by atoms with Crippen LogP contribution in [-0.4, -0.2) is 43.2 Å². The molecule has 6 nitrogen and oxygen atoms in total. The molecule has 1 fully saturated rings.